The molecule has 0 aliphatic heterocycles. The number of rotatable bonds is 3. The minimum absolute atomic E-state index is 0.0173. The Kier molecular flexibility index (Phi) is 3.52. The second kappa shape index (κ2) is 5.69. The predicted octanol–water partition coefficient (Wildman–Crippen LogP) is 3.70. The summed E-state index contributed by atoms with van der Waals surface area (Å²) in [4.78, 5) is 12.3. The van der Waals surface area contributed by atoms with E-state index < -0.39 is 0 Å². The SMILES string of the molecule is O=C(N/N=C\[C@@H]1C[C@@H]2CC[C@H]1C2)c1cc2ccccc2cc1O. The number of nitrogens with one attached hydrogen (secondary N) is 1. The lowest BCUT2D eigenvalue weighted by molar-refractivity contribution is 0.0952. The molecular formula is C19H20N2O2. The second-order valence-corrected chi connectivity index (χ2v) is 6.77. The van der Waals surface area contributed by atoms with E-state index in [2.05, 4.69) is 10.5 Å². The van der Waals surface area contributed by atoms with Crippen LogP contribution in [0.5, 0.6) is 5.75 Å². The van der Waals surface area contributed by atoms with Crippen LogP contribution >= 0.6 is 0 Å². The molecule has 23 heavy (non-hydrogen) atoms. The summed E-state index contributed by atoms with van der Waals surface area (Å²) in [5.74, 6) is 1.72. The van der Waals surface area contributed by atoms with Crippen molar-refractivity contribution in [2.75, 3.05) is 0 Å². The Morgan fingerprint density at radius 3 is 2.65 bits per heavy atom. The summed E-state index contributed by atoms with van der Waals surface area (Å²) in [5, 5.41) is 16.0. The summed E-state index contributed by atoms with van der Waals surface area (Å²) < 4.78 is 0. The number of hydrogen-bond acceptors (Lipinski definition) is 3. The largest absolute Gasteiger partial charge is 0.507 e. The van der Waals surface area contributed by atoms with Gasteiger partial charge < -0.3 is 5.11 Å². The Morgan fingerprint density at radius 2 is 1.96 bits per heavy atom. The van der Waals surface area contributed by atoms with Gasteiger partial charge in [-0.25, -0.2) is 5.43 Å². The molecule has 1 amide bonds. The molecule has 0 aromatic heterocycles. The first kappa shape index (κ1) is 14.2. The third kappa shape index (κ3) is 2.69. The van der Waals surface area contributed by atoms with Crippen molar-refractivity contribution in [2.24, 2.45) is 22.9 Å². The topological polar surface area (TPSA) is 61.7 Å². The van der Waals surface area contributed by atoms with Gasteiger partial charge in [-0.3, -0.25) is 4.79 Å². The summed E-state index contributed by atoms with van der Waals surface area (Å²) in [7, 11) is 0. The summed E-state index contributed by atoms with van der Waals surface area (Å²) in [6, 6.07) is 11.0. The second-order valence-electron chi connectivity index (χ2n) is 6.77. The molecule has 4 heteroatoms. The Bertz CT molecular complexity index is 784. The van der Waals surface area contributed by atoms with Gasteiger partial charge in [0.05, 0.1) is 5.56 Å². The van der Waals surface area contributed by atoms with Gasteiger partial charge in [0.25, 0.3) is 5.91 Å². The number of carbonyl (C=O) groups excluding carboxylic acids is 1. The van der Waals surface area contributed by atoms with Gasteiger partial charge in [-0.1, -0.05) is 30.7 Å². The van der Waals surface area contributed by atoms with Crippen LogP contribution in [0.25, 0.3) is 10.8 Å². The first-order chi connectivity index (χ1) is 11.2. The third-order valence-electron chi connectivity index (χ3n) is 5.33. The van der Waals surface area contributed by atoms with E-state index in [4.69, 9.17) is 0 Å². The number of phenols is 1. The Hall–Kier alpha value is -2.36. The van der Waals surface area contributed by atoms with Crippen LogP contribution in [-0.2, 0) is 0 Å². The van der Waals surface area contributed by atoms with Crippen LogP contribution in [0.2, 0.25) is 0 Å². The van der Waals surface area contributed by atoms with Gasteiger partial charge in [0.1, 0.15) is 5.75 Å². The van der Waals surface area contributed by atoms with Gasteiger partial charge in [-0.2, -0.15) is 5.10 Å². The average molecular weight is 308 g/mol. The molecule has 0 unspecified atom stereocenters. The number of fused-ring (bicyclic) bond motifs is 3. The van der Waals surface area contributed by atoms with Crippen molar-refractivity contribution in [1.82, 2.24) is 5.43 Å². The summed E-state index contributed by atoms with van der Waals surface area (Å²) in [6.07, 6.45) is 7.05. The van der Waals surface area contributed by atoms with Crippen LogP contribution in [0, 0.1) is 17.8 Å². The fourth-order valence-electron chi connectivity index (χ4n) is 4.14. The Morgan fingerprint density at radius 1 is 1.17 bits per heavy atom. The normalized spacial score (nSPS) is 26.2. The molecule has 2 aromatic rings. The van der Waals surface area contributed by atoms with Crippen LogP contribution in [0.4, 0.5) is 0 Å². The summed E-state index contributed by atoms with van der Waals surface area (Å²) >= 11 is 0. The minimum atomic E-state index is -0.368. The van der Waals surface area contributed by atoms with Crippen LogP contribution in [0.3, 0.4) is 0 Å². The molecule has 4 rings (SSSR count). The molecule has 2 fully saturated rings. The number of hydrazone groups is 1. The van der Waals surface area contributed by atoms with E-state index >= 15 is 0 Å². The van der Waals surface area contributed by atoms with Crippen molar-refractivity contribution in [3.05, 3.63) is 42.0 Å². The average Bonchev–Trinajstić information content (AvgIpc) is 3.17. The van der Waals surface area contributed by atoms with Crippen LogP contribution in [-0.4, -0.2) is 17.2 Å². The van der Waals surface area contributed by atoms with Gasteiger partial charge in [-0.15, -0.1) is 0 Å². The molecule has 4 nitrogen and oxygen atoms in total. The van der Waals surface area contributed by atoms with Crippen LogP contribution in [0.15, 0.2) is 41.5 Å². The molecule has 2 N–H and O–H groups in total. The van der Waals surface area contributed by atoms with Crippen molar-refractivity contribution < 1.29 is 9.90 Å². The lowest BCUT2D eigenvalue weighted by Crippen LogP contribution is -2.20. The molecule has 0 radical (unpaired) electrons. The van der Waals surface area contributed by atoms with Gasteiger partial charge in [-0.05, 0) is 59.9 Å². The van der Waals surface area contributed by atoms with E-state index in [-0.39, 0.29) is 17.2 Å². The van der Waals surface area contributed by atoms with Crippen molar-refractivity contribution >= 4 is 22.9 Å². The molecular weight excluding hydrogens is 288 g/mol. The zero-order valence-electron chi connectivity index (χ0n) is 12.9. The summed E-state index contributed by atoms with van der Waals surface area (Å²) in [5.41, 5.74) is 2.82. The van der Waals surface area contributed by atoms with Gasteiger partial charge in [0, 0.05) is 6.21 Å². The van der Waals surface area contributed by atoms with Crippen molar-refractivity contribution in [3.63, 3.8) is 0 Å². The van der Waals surface area contributed by atoms with E-state index in [0.29, 0.717) is 5.92 Å². The highest BCUT2D eigenvalue weighted by Crippen LogP contribution is 2.47. The molecule has 118 valence electrons. The zero-order valence-corrected chi connectivity index (χ0v) is 12.9. The fourth-order valence-corrected chi connectivity index (χ4v) is 4.14. The first-order valence-electron chi connectivity index (χ1n) is 8.26. The van der Waals surface area contributed by atoms with E-state index in [1.54, 1.807) is 12.1 Å². The van der Waals surface area contributed by atoms with E-state index in [1.807, 2.05) is 30.5 Å². The highest BCUT2D eigenvalue weighted by Gasteiger charge is 2.38. The van der Waals surface area contributed by atoms with Gasteiger partial charge in [0.15, 0.2) is 0 Å². The van der Waals surface area contributed by atoms with Crippen molar-refractivity contribution in [1.29, 1.82) is 0 Å². The molecule has 0 heterocycles. The fraction of sp³-hybridized carbons (Fsp3) is 0.368. The molecule has 0 spiro atoms. The number of carbonyl (C=O) groups is 1. The standard InChI is InChI=1S/C19H20N2O2/c22-18-10-14-4-2-1-3-13(14)9-17(18)19(23)21-20-11-16-8-12-5-6-15(16)7-12/h1-4,9-12,15-16,22H,5-8H2,(H,21,23)/b20-11-/t12-,15+,16+/m1/s1. The monoisotopic (exact) mass is 308 g/mol. The number of amides is 1. The first-order valence-corrected chi connectivity index (χ1v) is 8.26. The van der Waals surface area contributed by atoms with E-state index in [9.17, 15) is 9.90 Å². The van der Waals surface area contributed by atoms with Crippen LogP contribution < -0.4 is 5.43 Å². The highest BCUT2D eigenvalue weighted by molar-refractivity contribution is 6.01. The molecule has 3 atom stereocenters. The zero-order chi connectivity index (χ0) is 15.8. The minimum Gasteiger partial charge on any atom is -0.507 e. The van der Waals surface area contributed by atoms with Crippen LogP contribution in [0.1, 0.15) is 36.0 Å². The number of nitrogens with zero attached hydrogens (tertiary/aromatic N) is 1. The van der Waals surface area contributed by atoms with E-state index in [0.717, 1.165) is 22.6 Å². The quantitative estimate of drug-likeness (QED) is 0.671. The maximum absolute atomic E-state index is 12.3. The Labute approximate surface area is 135 Å². The van der Waals surface area contributed by atoms with Gasteiger partial charge >= 0.3 is 0 Å². The lowest BCUT2D eigenvalue weighted by Gasteiger charge is -2.16. The Balaban J connectivity index is 1.47. The predicted molar refractivity (Wildman–Crippen MR) is 90.5 cm³/mol. The number of hydrogen-bond donors (Lipinski definition) is 2. The highest BCUT2D eigenvalue weighted by atomic mass is 16.3. The van der Waals surface area contributed by atoms with Crippen molar-refractivity contribution in [2.45, 2.75) is 25.7 Å². The lowest BCUT2D eigenvalue weighted by atomic mass is 9.90. The molecule has 2 saturated carbocycles. The summed E-state index contributed by atoms with van der Waals surface area (Å²) in [6.45, 7) is 0. The van der Waals surface area contributed by atoms with Crippen molar-refractivity contribution in [3.8, 4) is 5.75 Å². The maximum atomic E-state index is 12.3. The molecule has 2 aliphatic carbocycles. The van der Waals surface area contributed by atoms with E-state index in [1.165, 1.54) is 25.7 Å². The third-order valence-corrected chi connectivity index (χ3v) is 5.33. The molecule has 2 aliphatic rings. The number of benzene rings is 2. The molecule has 2 bridgehead atoms. The maximum Gasteiger partial charge on any atom is 0.275 e. The smallest absolute Gasteiger partial charge is 0.275 e. The molecule has 0 saturated heterocycles. The molecule has 2 aromatic carbocycles. The van der Waals surface area contributed by atoms with Gasteiger partial charge in [0.2, 0.25) is 0 Å². The number of phenolic OH excluding ortho intramolecular Hbond substituents is 1. The number of aromatic hydroxyl groups is 1.